The number of oxime groups is 1. The third kappa shape index (κ3) is 4.19. The number of rotatable bonds is 7. The van der Waals surface area contributed by atoms with Crippen molar-refractivity contribution in [3.8, 4) is 0 Å². The quantitative estimate of drug-likeness (QED) is 0.289. The molecule has 9 heteroatoms. The fourth-order valence-electron chi connectivity index (χ4n) is 5.19. The Balaban J connectivity index is 1.07. The van der Waals surface area contributed by atoms with Crippen molar-refractivity contribution in [2.75, 3.05) is 37.7 Å². The molecule has 0 amide bonds. The van der Waals surface area contributed by atoms with Crippen molar-refractivity contribution in [1.29, 1.82) is 0 Å². The molecule has 0 bridgehead atoms. The zero-order chi connectivity index (χ0) is 24.7. The van der Waals surface area contributed by atoms with Crippen LogP contribution < -0.4 is 4.90 Å². The number of imidazole rings is 1. The molecule has 0 aliphatic carbocycles. The standard InChI is InChI=1S/C27H26F2N6O/c1-2-36-32-26(20-4-6-22(28)23(29)11-20)24-7-3-19(12-31-24)13-33-15-27(16-33)17-35(18-27)21-5-8-25-30-9-10-34(25)14-21/h3-12,14H,2,13,15-18H2,1H3/b32-26+. The van der Waals surface area contributed by atoms with Gasteiger partial charge in [-0.05, 0) is 48.9 Å². The lowest BCUT2D eigenvalue weighted by Gasteiger charge is -2.61. The van der Waals surface area contributed by atoms with Crippen LogP contribution in [0.4, 0.5) is 14.5 Å². The summed E-state index contributed by atoms with van der Waals surface area (Å²) in [5.41, 5.74) is 4.97. The van der Waals surface area contributed by atoms with Gasteiger partial charge in [-0.15, -0.1) is 0 Å². The Morgan fingerprint density at radius 1 is 1.03 bits per heavy atom. The van der Waals surface area contributed by atoms with Crippen molar-refractivity contribution in [3.05, 3.63) is 95.7 Å². The van der Waals surface area contributed by atoms with Gasteiger partial charge in [-0.25, -0.2) is 13.8 Å². The average Bonchev–Trinajstić information content (AvgIpc) is 3.31. The number of hydrogen-bond acceptors (Lipinski definition) is 6. The summed E-state index contributed by atoms with van der Waals surface area (Å²) in [7, 11) is 0. The van der Waals surface area contributed by atoms with Crippen LogP contribution in [0.3, 0.4) is 0 Å². The SMILES string of the molecule is CCO/N=C(\c1ccc(F)c(F)c1)c1ccc(CN2CC3(C2)CN(c2ccc4nccn4c2)C3)cn1. The summed E-state index contributed by atoms with van der Waals surface area (Å²) in [6.07, 6.45) is 7.75. The minimum absolute atomic E-state index is 0.359. The van der Waals surface area contributed by atoms with Gasteiger partial charge in [-0.2, -0.15) is 0 Å². The van der Waals surface area contributed by atoms with Crippen LogP contribution >= 0.6 is 0 Å². The molecular formula is C27H26F2N6O. The first-order valence-corrected chi connectivity index (χ1v) is 12.0. The minimum atomic E-state index is -0.933. The highest BCUT2D eigenvalue weighted by atomic mass is 19.2. The summed E-state index contributed by atoms with van der Waals surface area (Å²) in [5, 5.41) is 4.10. The smallest absolute Gasteiger partial charge is 0.159 e. The fraction of sp³-hybridized carbons (Fsp3) is 0.296. The number of benzene rings is 1. The Morgan fingerprint density at radius 3 is 2.64 bits per heavy atom. The Bertz CT molecular complexity index is 1420. The van der Waals surface area contributed by atoms with E-state index in [0.717, 1.165) is 56.1 Å². The number of hydrogen-bond donors (Lipinski definition) is 0. The Kier molecular flexibility index (Phi) is 5.64. The van der Waals surface area contributed by atoms with Crippen LogP contribution in [0.15, 0.2) is 72.4 Å². The maximum atomic E-state index is 13.8. The van der Waals surface area contributed by atoms with E-state index < -0.39 is 11.6 Å². The molecule has 5 heterocycles. The largest absolute Gasteiger partial charge is 0.396 e. The van der Waals surface area contributed by atoms with Crippen LogP contribution in [0.1, 0.15) is 23.7 Å². The summed E-state index contributed by atoms with van der Waals surface area (Å²) in [6.45, 7) is 7.23. The molecule has 7 nitrogen and oxygen atoms in total. The first kappa shape index (κ1) is 22.6. The van der Waals surface area contributed by atoms with Gasteiger partial charge in [0.15, 0.2) is 11.6 Å². The van der Waals surface area contributed by atoms with E-state index in [4.69, 9.17) is 4.84 Å². The van der Waals surface area contributed by atoms with Gasteiger partial charge in [-0.1, -0.05) is 11.2 Å². The van der Waals surface area contributed by atoms with E-state index in [1.54, 1.807) is 0 Å². The third-order valence-electron chi connectivity index (χ3n) is 6.86. The number of anilines is 1. The zero-order valence-corrected chi connectivity index (χ0v) is 19.9. The Labute approximate surface area is 207 Å². The molecule has 0 unspecified atom stereocenters. The third-order valence-corrected chi connectivity index (χ3v) is 6.86. The van der Waals surface area contributed by atoms with E-state index in [2.05, 4.69) is 47.7 Å². The molecule has 2 saturated heterocycles. The minimum Gasteiger partial charge on any atom is -0.396 e. The highest BCUT2D eigenvalue weighted by Gasteiger charge is 2.51. The molecule has 2 aliphatic heterocycles. The second-order valence-electron chi connectivity index (χ2n) is 9.62. The number of nitrogens with zero attached hydrogens (tertiary/aromatic N) is 6. The first-order chi connectivity index (χ1) is 17.5. The van der Waals surface area contributed by atoms with Gasteiger partial charge < -0.3 is 14.1 Å². The molecule has 1 aromatic carbocycles. The van der Waals surface area contributed by atoms with Gasteiger partial charge in [0.25, 0.3) is 0 Å². The fourth-order valence-corrected chi connectivity index (χ4v) is 5.19. The van der Waals surface area contributed by atoms with Gasteiger partial charge in [0.05, 0.1) is 11.4 Å². The van der Waals surface area contributed by atoms with Gasteiger partial charge in [-0.3, -0.25) is 9.88 Å². The molecule has 1 spiro atoms. The second-order valence-corrected chi connectivity index (χ2v) is 9.62. The maximum Gasteiger partial charge on any atom is 0.159 e. The molecule has 0 atom stereocenters. The van der Waals surface area contributed by atoms with Gasteiger partial charge >= 0.3 is 0 Å². The van der Waals surface area contributed by atoms with Crippen molar-refractivity contribution < 1.29 is 13.6 Å². The number of halogens is 2. The van der Waals surface area contributed by atoms with Crippen molar-refractivity contribution in [3.63, 3.8) is 0 Å². The molecular weight excluding hydrogens is 462 g/mol. The molecule has 3 aromatic heterocycles. The lowest BCUT2D eigenvalue weighted by molar-refractivity contribution is -0.0274. The highest BCUT2D eigenvalue weighted by Crippen LogP contribution is 2.42. The highest BCUT2D eigenvalue weighted by molar-refractivity contribution is 6.11. The van der Waals surface area contributed by atoms with Crippen molar-refractivity contribution in [2.24, 2.45) is 10.6 Å². The van der Waals surface area contributed by atoms with Crippen LogP contribution in [0.5, 0.6) is 0 Å². The van der Waals surface area contributed by atoms with Crippen molar-refractivity contribution in [2.45, 2.75) is 13.5 Å². The van der Waals surface area contributed by atoms with Crippen LogP contribution in [0.2, 0.25) is 0 Å². The van der Waals surface area contributed by atoms with E-state index in [1.807, 2.05) is 37.6 Å². The number of fused-ring (bicyclic) bond motifs is 1. The topological polar surface area (TPSA) is 58.3 Å². The van der Waals surface area contributed by atoms with Gasteiger partial charge in [0.2, 0.25) is 0 Å². The molecule has 4 aromatic rings. The van der Waals surface area contributed by atoms with E-state index in [-0.39, 0.29) is 0 Å². The lowest BCUT2D eigenvalue weighted by atomic mass is 9.72. The van der Waals surface area contributed by atoms with E-state index in [0.29, 0.717) is 29.0 Å². The summed E-state index contributed by atoms with van der Waals surface area (Å²) >= 11 is 0. The van der Waals surface area contributed by atoms with E-state index in [9.17, 15) is 8.78 Å². The second kappa shape index (κ2) is 8.98. The number of likely N-dealkylation sites (tertiary alicyclic amines) is 1. The van der Waals surface area contributed by atoms with Crippen LogP contribution in [0.25, 0.3) is 5.65 Å². The summed E-state index contributed by atoms with van der Waals surface area (Å²) < 4.78 is 29.2. The maximum absolute atomic E-state index is 13.8. The zero-order valence-electron chi connectivity index (χ0n) is 19.9. The average molecular weight is 489 g/mol. The van der Waals surface area contributed by atoms with Crippen LogP contribution in [-0.4, -0.2) is 57.8 Å². The van der Waals surface area contributed by atoms with Crippen LogP contribution in [-0.2, 0) is 11.4 Å². The van der Waals surface area contributed by atoms with Gasteiger partial charge in [0, 0.05) is 68.5 Å². The molecule has 6 rings (SSSR count). The van der Waals surface area contributed by atoms with Crippen molar-refractivity contribution >= 4 is 17.0 Å². The Morgan fingerprint density at radius 2 is 1.89 bits per heavy atom. The van der Waals surface area contributed by atoms with E-state index >= 15 is 0 Å². The van der Waals surface area contributed by atoms with Crippen LogP contribution in [0, 0.1) is 17.0 Å². The molecule has 0 N–H and O–H groups in total. The first-order valence-electron chi connectivity index (χ1n) is 12.0. The summed E-state index contributed by atoms with van der Waals surface area (Å²) in [4.78, 5) is 18.9. The molecule has 2 fully saturated rings. The molecule has 0 saturated carbocycles. The predicted octanol–water partition coefficient (Wildman–Crippen LogP) is 4.12. The van der Waals surface area contributed by atoms with E-state index in [1.165, 1.54) is 11.8 Å². The van der Waals surface area contributed by atoms with Crippen molar-refractivity contribution in [1.82, 2.24) is 19.3 Å². The summed E-state index contributed by atoms with van der Waals surface area (Å²) in [6, 6.07) is 11.7. The lowest BCUT2D eigenvalue weighted by Crippen LogP contribution is -2.72. The number of aromatic nitrogens is 3. The molecule has 184 valence electrons. The van der Waals surface area contributed by atoms with Gasteiger partial charge in [0.1, 0.15) is 18.0 Å². The molecule has 2 aliphatic rings. The number of pyridine rings is 2. The molecule has 0 radical (unpaired) electrons. The Hall–Kier alpha value is -3.85. The molecule has 36 heavy (non-hydrogen) atoms. The summed E-state index contributed by atoms with van der Waals surface area (Å²) in [5.74, 6) is -1.84. The normalized spacial score (nSPS) is 17.3. The predicted molar refractivity (Wildman–Crippen MR) is 133 cm³/mol. The monoisotopic (exact) mass is 488 g/mol.